The van der Waals surface area contributed by atoms with E-state index in [1.165, 1.54) is 11.1 Å². The first-order valence-corrected chi connectivity index (χ1v) is 7.60. The normalized spacial score (nSPS) is 15.7. The minimum Gasteiger partial charge on any atom is -0.497 e. The summed E-state index contributed by atoms with van der Waals surface area (Å²) >= 11 is 0. The van der Waals surface area contributed by atoms with Crippen LogP contribution in [0.5, 0.6) is 5.75 Å². The molecular formula is C16H20N4O2. The molecule has 22 heavy (non-hydrogen) atoms. The van der Waals surface area contributed by atoms with Crippen LogP contribution in [0, 0.1) is 5.92 Å². The molecule has 0 atom stereocenters. The summed E-state index contributed by atoms with van der Waals surface area (Å²) in [5.74, 6) is 1.35. The second-order valence-electron chi connectivity index (χ2n) is 5.61. The van der Waals surface area contributed by atoms with Crippen molar-refractivity contribution in [2.45, 2.75) is 32.1 Å². The molecule has 0 unspecified atom stereocenters. The van der Waals surface area contributed by atoms with Crippen molar-refractivity contribution in [2.24, 2.45) is 5.92 Å². The average Bonchev–Trinajstić information content (AvgIpc) is 2.97. The van der Waals surface area contributed by atoms with E-state index in [1.807, 2.05) is 24.3 Å². The van der Waals surface area contributed by atoms with Gasteiger partial charge in [0.15, 0.2) is 5.82 Å². The Labute approximate surface area is 129 Å². The summed E-state index contributed by atoms with van der Waals surface area (Å²) in [6, 6.07) is 7.36. The van der Waals surface area contributed by atoms with Gasteiger partial charge in [0, 0.05) is 11.5 Å². The maximum Gasteiger partial charge on any atom is 0.253 e. The summed E-state index contributed by atoms with van der Waals surface area (Å²) < 4.78 is 6.39. The Morgan fingerprint density at radius 2 is 1.91 bits per heavy atom. The van der Waals surface area contributed by atoms with E-state index in [2.05, 4.69) is 10.1 Å². The third-order valence-electron chi connectivity index (χ3n) is 4.14. The summed E-state index contributed by atoms with van der Waals surface area (Å²) in [4.78, 5) is 16.7. The molecule has 0 aliphatic heterocycles. The first-order chi connectivity index (χ1) is 10.7. The monoisotopic (exact) mass is 300 g/mol. The quantitative estimate of drug-likeness (QED) is 0.942. The van der Waals surface area contributed by atoms with Crippen molar-refractivity contribution >= 4 is 11.9 Å². The van der Waals surface area contributed by atoms with Crippen LogP contribution in [0.15, 0.2) is 24.3 Å². The summed E-state index contributed by atoms with van der Waals surface area (Å²) in [7, 11) is 1.61. The summed E-state index contributed by atoms with van der Waals surface area (Å²) in [6.45, 7) is 0. The van der Waals surface area contributed by atoms with Crippen LogP contribution in [0.1, 0.15) is 36.9 Å². The number of hydrogen-bond donors (Lipinski definition) is 1. The van der Waals surface area contributed by atoms with Crippen molar-refractivity contribution < 1.29 is 9.53 Å². The maximum atomic E-state index is 12.5. The lowest BCUT2D eigenvalue weighted by molar-refractivity contribution is 0.0788. The van der Waals surface area contributed by atoms with Gasteiger partial charge in [-0.1, -0.05) is 19.3 Å². The lowest BCUT2D eigenvalue weighted by Gasteiger charge is -2.19. The van der Waals surface area contributed by atoms with Gasteiger partial charge in [-0.2, -0.15) is 9.67 Å². The molecule has 1 saturated carbocycles. The number of anilines is 1. The predicted molar refractivity (Wildman–Crippen MR) is 83.6 cm³/mol. The van der Waals surface area contributed by atoms with E-state index < -0.39 is 0 Å². The highest BCUT2D eigenvalue weighted by Crippen LogP contribution is 2.26. The molecule has 0 bridgehead atoms. The number of methoxy groups -OCH3 is 1. The molecule has 1 heterocycles. The highest BCUT2D eigenvalue weighted by Gasteiger charge is 2.25. The van der Waals surface area contributed by atoms with Gasteiger partial charge >= 0.3 is 0 Å². The minimum atomic E-state index is -0.0375. The highest BCUT2D eigenvalue weighted by molar-refractivity contribution is 5.83. The second-order valence-corrected chi connectivity index (χ2v) is 5.61. The Kier molecular flexibility index (Phi) is 4.09. The molecule has 0 spiro atoms. The summed E-state index contributed by atoms with van der Waals surface area (Å²) in [5.41, 5.74) is 6.69. The molecule has 0 saturated heterocycles. The van der Waals surface area contributed by atoms with Crippen molar-refractivity contribution in [1.29, 1.82) is 0 Å². The maximum absolute atomic E-state index is 12.5. The van der Waals surface area contributed by atoms with E-state index in [-0.39, 0.29) is 17.8 Å². The van der Waals surface area contributed by atoms with Crippen molar-refractivity contribution in [1.82, 2.24) is 14.8 Å². The van der Waals surface area contributed by atoms with Crippen LogP contribution < -0.4 is 10.5 Å². The first kappa shape index (κ1) is 14.6. The molecule has 0 radical (unpaired) electrons. The second kappa shape index (κ2) is 6.17. The molecule has 6 nitrogen and oxygen atoms in total. The molecule has 0 amide bonds. The number of rotatable bonds is 3. The molecule has 1 aromatic heterocycles. The fourth-order valence-electron chi connectivity index (χ4n) is 2.87. The van der Waals surface area contributed by atoms with Gasteiger partial charge in [-0.25, -0.2) is 0 Å². The van der Waals surface area contributed by atoms with Gasteiger partial charge in [-0.05, 0) is 37.1 Å². The molecule has 2 N–H and O–H groups in total. The van der Waals surface area contributed by atoms with Crippen LogP contribution in [0.3, 0.4) is 0 Å². The topological polar surface area (TPSA) is 83.0 Å². The van der Waals surface area contributed by atoms with Gasteiger partial charge < -0.3 is 10.5 Å². The molecule has 1 aliphatic rings. The van der Waals surface area contributed by atoms with Crippen LogP contribution in [0.4, 0.5) is 5.95 Å². The molecule has 2 aromatic rings. The zero-order valence-corrected chi connectivity index (χ0v) is 12.7. The third-order valence-corrected chi connectivity index (χ3v) is 4.14. The summed E-state index contributed by atoms with van der Waals surface area (Å²) in [6.07, 6.45) is 5.21. The molecule has 116 valence electrons. The van der Waals surface area contributed by atoms with Crippen LogP contribution >= 0.6 is 0 Å². The minimum absolute atomic E-state index is 0.0152. The smallest absolute Gasteiger partial charge is 0.253 e. The number of ether oxygens (including phenoxy) is 1. The fraction of sp³-hybridized carbons (Fsp3) is 0.438. The standard InChI is InChI=1S/C16H20N4O2/c1-22-13-9-7-11(8-10-13)14-18-16(17)20(19-14)15(21)12-5-3-2-4-6-12/h7-10,12H,2-6H2,1H3,(H2,17,18,19). The van der Waals surface area contributed by atoms with Crippen LogP contribution in [-0.2, 0) is 0 Å². The Morgan fingerprint density at radius 3 is 2.55 bits per heavy atom. The lowest BCUT2D eigenvalue weighted by Crippen LogP contribution is -2.26. The fourth-order valence-corrected chi connectivity index (χ4v) is 2.87. The Bertz CT molecular complexity index is 657. The number of hydrogen-bond acceptors (Lipinski definition) is 5. The van der Waals surface area contributed by atoms with E-state index in [9.17, 15) is 4.79 Å². The van der Waals surface area contributed by atoms with E-state index in [0.717, 1.165) is 37.0 Å². The largest absolute Gasteiger partial charge is 0.497 e. The van der Waals surface area contributed by atoms with E-state index in [1.54, 1.807) is 7.11 Å². The number of benzene rings is 1. The van der Waals surface area contributed by atoms with Gasteiger partial charge in [0.05, 0.1) is 7.11 Å². The van der Waals surface area contributed by atoms with Gasteiger partial charge in [-0.3, -0.25) is 4.79 Å². The van der Waals surface area contributed by atoms with Crippen LogP contribution in [-0.4, -0.2) is 27.8 Å². The van der Waals surface area contributed by atoms with Gasteiger partial charge in [-0.15, -0.1) is 5.10 Å². The average molecular weight is 300 g/mol. The third kappa shape index (κ3) is 2.81. The van der Waals surface area contributed by atoms with Gasteiger partial charge in [0.1, 0.15) is 5.75 Å². The van der Waals surface area contributed by atoms with E-state index >= 15 is 0 Å². The van der Waals surface area contributed by atoms with Crippen molar-refractivity contribution in [2.75, 3.05) is 12.8 Å². The zero-order chi connectivity index (χ0) is 15.5. The predicted octanol–water partition coefficient (Wildman–Crippen LogP) is 2.76. The molecule has 1 aromatic carbocycles. The molecule has 1 aliphatic carbocycles. The van der Waals surface area contributed by atoms with Crippen LogP contribution in [0.2, 0.25) is 0 Å². The molecule has 1 fully saturated rings. The SMILES string of the molecule is COc1ccc(-c2nc(N)n(C(=O)C3CCCCC3)n2)cc1. The molecule has 6 heteroatoms. The van der Waals surface area contributed by atoms with E-state index in [4.69, 9.17) is 10.5 Å². The zero-order valence-electron chi connectivity index (χ0n) is 12.7. The summed E-state index contributed by atoms with van der Waals surface area (Å²) in [5, 5.41) is 4.30. The van der Waals surface area contributed by atoms with Crippen molar-refractivity contribution in [3.8, 4) is 17.1 Å². The van der Waals surface area contributed by atoms with Crippen molar-refractivity contribution in [3.05, 3.63) is 24.3 Å². The number of carbonyl (C=O) groups is 1. The van der Waals surface area contributed by atoms with Gasteiger partial charge in [0.25, 0.3) is 5.91 Å². The van der Waals surface area contributed by atoms with Gasteiger partial charge in [0.2, 0.25) is 5.95 Å². The number of nitrogen functional groups attached to an aromatic ring is 1. The molecular weight excluding hydrogens is 280 g/mol. The molecule has 3 rings (SSSR count). The Balaban J connectivity index is 1.84. The van der Waals surface area contributed by atoms with Crippen molar-refractivity contribution in [3.63, 3.8) is 0 Å². The number of aromatic nitrogens is 3. The van der Waals surface area contributed by atoms with Crippen LogP contribution in [0.25, 0.3) is 11.4 Å². The van der Waals surface area contributed by atoms with E-state index in [0.29, 0.717) is 5.82 Å². The number of nitrogens with two attached hydrogens (primary N) is 1. The number of nitrogens with zero attached hydrogens (tertiary/aromatic N) is 3. The number of carbonyl (C=O) groups excluding carboxylic acids is 1. The Hall–Kier alpha value is -2.37. The first-order valence-electron chi connectivity index (χ1n) is 7.60. The highest BCUT2D eigenvalue weighted by atomic mass is 16.5. The Morgan fingerprint density at radius 1 is 1.23 bits per heavy atom. The lowest BCUT2D eigenvalue weighted by atomic mass is 9.89.